The quantitative estimate of drug-likeness (QED) is 0.642. The minimum absolute atomic E-state index is 0.283. The van der Waals surface area contributed by atoms with Crippen molar-refractivity contribution in [1.82, 2.24) is 20.4 Å². The Hall–Kier alpha value is -2.54. The van der Waals surface area contributed by atoms with Gasteiger partial charge in [0.15, 0.2) is 0 Å². The van der Waals surface area contributed by atoms with Crippen LogP contribution >= 0.6 is 0 Å². The summed E-state index contributed by atoms with van der Waals surface area (Å²) in [6.45, 7) is 13.7. The molecule has 2 rings (SSSR count). The lowest BCUT2D eigenvalue weighted by Gasteiger charge is -2.41. The maximum atomic E-state index is 13.4. The number of rotatable bonds is 5. The lowest BCUT2D eigenvalue weighted by molar-refractivity contribution is -0.127. The number of nitriles is 1. The predicted molar refractivity (Wildman–Crippen MR) is 122 cm³/mol. The Labute approximate surface area is 196 Å². The van der Waals surface area contributed by atoms with Crippen molar-refractivity contribution in [2.45, 2.75) is 78.0 Å². The van der Waals surface area contributed by atoms with E-state index < -0.39 is 34.6 Å². The number of nitrogens with one attached hydrogen (secondary N) is 2. The van der Waals surface area contributed by atoms with Gasteiger partial charge in [0.05, 0.1) is 19.3 Å². The van der Waals surface area contributed by atoms with Crippen molar-refractivity contribution in [3.05, 3.63) is 0 Å². The Kier molecular flexibility index (Phi) is 8.57. The molecule has 10 heteroatoms. The summed E-state index contributed by atoms with van der Waals surface area (Å²) in [4.78, 5) is 41.7. The summed E-state index contributed by atoms with van der Waals surface area (Å²) >= 11 is 0. The van der Waals surface area contributed by atoms with E-state index >= 15 is 0 Å². The van der Waals surface area contributed by atoms with E-state index in [1.165, 1.54) is 0 Å². The number of nitrogens with zero attached hydrogens (tertiary/aromatic N) is 3. The molecule has 186 valence electrons. The molecule has 1 unspecified atom stereocenters. The molecule has 33 heavy (non-hydrogen) atoms. The van der Waals surface area contributed by atoms with Gasteiger partial charge < -0.3 is 29.9 Å². The first-order valence-corrected chi connectivity index (χ1v) is 11.7. The molecule has 2 fully saturated rings. The Morgan fingerprint density at radius 3 is 2.12 bits per heavy atom. The van der Waals surface area contributed by atoms with E-state index in [0.29, 0.717) is 45.8 Å². The average molecular weight is 466 g/mol. The van der Waals surface area contributed by atoms with E-state index in [0.717, 1.165) is 0 Å². The van der Waals surface area contributed by atoms with E-state index in [2.05, 4.69) is 16.7 Å². The molecule has 0 radical (unpaired) electrons. The number of likely N-dealkylation sites (tertiary alicyclic amines) is 1. The number of carbonyl (C=O) groups is 3. The molecule has 4 amide bonds. The highest BCUT2D eigenvalue weighted by atomic mass is 16.6. The van der Waals surface area contributed by atoms with Crippen LogP contribution in [0.25, 0.3) is 0 Å². The Morgan fingerprint density at radius 1 is 1.06 bits per heavy atom. The van der Waals surface area contributed by atoms with Gasteiger partial charge in [-0.2, -0.15) is 5.26 Å². The number of urea groups is 1. The third-order valence-electron chi connectivity index (χ3n) is 6.37. The molecule has 2 aliphatic rings. The zero-order chi connectivity index (χ0) is 24.9. The van der Waals surface area contributed by atoms with Crippen LogP contribution < -0.4 is 10.6 Å². The van der Waals surface area contributed by atoms with E-state index in [-0.39, 0.29) is 18.9 Å². The summed E-state index contributed by atoms with van der Waals surface area (Å²) < 4.78 is 10.7. The van der Waals surface area contributed by atoms with Crippen LogP contribution in [0.1, 0.15) is 60.8 Å². The largest absolute Gasteiger partial charge is 0.444 e. The van der Waals surface area contributed by atoms with Gasteiger partial charge in [-0.05, 0) is 32.6 Å². The van der Waals surface area contributed by atoms with Gasteiger partial charge in [0.1, 0.15) is 17.2 Å². The molecule has 1 atom stereocenters. The van der Waals surface area contributed by atoms with Crippen molar-refractivity contribution in [3.8, 4) is 6.07 Å². The number of hydrogen-bond donors (Lipinski definition) is 2. The minimum atomic E-state index is -1.11. The molecule has 0 saturated carbocycles. The highest BCUT2D eigenvalue weighted by Crippen LogP contribution is 2.28. The van der Waals surface area contributed by atoms with Crippen LogP contribution in [0.2, 0.25) is 0 Å². The van der Waals surface area contributed by atoms with Crippen LogP contribution in [0.3, 0.4) is 0 Å². The summed E-state index contributed by atoms with van der Waals surface area (Å²) in [6, 6.07) is 1.12. The van der Waals surface area contributed by atoms with E-state index in [1.807, 2.05) is 20.8 Å². The molecule has 0 bridgehead atoms. The van der Waals surface area contributed by atoms with Crippen molar-refractivity contribution >= 4 is 18.0 Å². The first-order valence-electron chi connectivity index (χ1n) is 11.7. The van der Waals surface area contributed by atoms with Crippen molar-refractivity contribution in [2.75, 3.05) is 39.4 Å². The van der Waals surface area contributed by atoms with E-state index in [1.54, 1.807) is 30.6 Å². The smallest absolute Gasteiger partial charge is 0.410 e. The summed E-state index contributed by atoms with van der Waals surface area (Å²) in [5.41, 5.74) is -2.24. The number of piperidine rings is 1. The van der Waals surface area contributed by atoms with Crippen molar-refractivity contribution < 1.29 is 23.9 Å². The number of hydrogen-bond acceptors (Lipinski definition) is 6. The van der Waals surface area contributed by atoms with Gasteiger partial charge in [-0.25, -0.2) is 9.59 Å². The molecule has 2 N–H and O–H groups in total. The zero-order valence-corrected chi connectivity index (χ0v) is 20.8. The van der Waals surface area contributed by atoms with Gasteiger partial charge in [0, 0.05) is 39.0 Å². The standard InChI is InChI=1S/C23H39N5O5/c1-7-22(5,6)17(25-19(30)27-12-14-32-15-13-27)18(29)26-23(16-24)8-10-28(11-9-23)20(31)33-21(2,3)4/h17H,7-15H2,1-6H3,(H,25,30)(H,26,29). The first-order chi connectivity index (χ1) is 15.3. The highest BCUT2D eigenvalue weighted by molar-refractivity contribution is 5.88. The molecule has 2 aliphatic heterocycles. The summed E-state index contributed by atoms with van der Waals surface area (Å²) in [5, 5.41) is 15.7. The molecule has 0 aliphatic carbocycles. The summed E-state index contributed by atoms with van der Waals surface area (Å²) in [5.74, 6) is -0.393. The fourth-order valence-corrected chi connectivity index (χ4v) is 3.77. The van der Waals surface area contributed by atoms with Gasteiger partial charge in [-0.15, -0.1) is 0 Å². The average Bonchev–Trinajstić information content (AvgIpc) is 2.76. The van der Waals surface area contributed by atoms with Gasteiger partial charge in [0.25, 0.3) is 0 Å². The molecule has 2 heterocycles. The number of carbonyl (C=O) groups excluding carboxylic acids is 3. The van der Waals surface area contributed by atoms with Crippen molar-refractivity contribution in [1.29, 1.82) is 5.26 Å². The van der Waals surface area contributed by atoms with E-state index in [9.17, 15) is 19.6 Å². The number of morpholine rings is 1. The zero-order valence-electron chi connectivity index (χ0n) is 20.8. The molecular weight excluding hydrogens is 426 g/mol. The Bertz CT molecular complexity index is 756. The molecule has 2 saturated heterocycles. The van der Waals surface area contributed by atoms with Crippen LogP contribution in [0, 0.1) is 16.7 Å². The topological polar surface area (TPSA) is 124 Å². The maximum Gasteiger partial charge on any atom is 0.410 e. The van der Waals surface area contributed by atoms with Crippen LogP contribution in [0.4, 0.5) is 9.59 Å². The van der Waals surface area contributed by atoms with Crippen LogP contribution in [0.15, 0.2) is 0 Å². The second kappa shape index (κ2) is 10.6. The monoisotopic (exact) mass is 465 g/mol. The fourth-order valence-electron chi connectivity index (χ4n) is 3.77. The summed E-state index contributed by atoms with van der Waals surface area (Å²) in [7, 11) is 0. The highest BCUT2D eigenvalue weighted by Gasteiger charge is 2.43. The van der Waals surface area contributed by atoms with Gasteiger partial charge >= 0.3 is 12.1 Å². The SMILES string of the molecule is CCC(C)(C)C(NC(=O)N1CCOCC1)C(=O)NC1(C#N)CCN(C(=O)OC(C)(C)C)CC1. The normalized spacial score (nSPS) is 19.8. The van der Waals surface area contributed by atoms with Gasteiger partial charge in [-0.1, -0.05) is 20.8 Å². The number of ether oxygens (including phenoxy) is 2. The Balaban J connectivity index is 2.08. The van der Waals surface area contributed by atoms with Crippen LogP contribution in [-0.4, -0.2) is 84.4 Å². The summed E-state index contributed by atoms with van der Waals surface area (Å²) in [6.07, 6.45) is 0.791. The van der Waals surface area contributed by atoms with Gasteiger partial charge in [0.2, 0.25) is 5.91 Å². The fraction of sp³-hybridized carbons (Fsp3) is 0.826. The number of amides is 4. The maximum absolute atomic E-state index is 13.4. The molecule has 0 aromatic rings. The van der Waals surface area contributed by atoms with Crippen LogP contribution in [-0.2, 0) is 14.3 Å². The lowest BCUT2D eigenvalue weighted by atomic mass is 9.80. The predicted octanol–water partition coefficient (Wildman–Crippen LogP) is 2.24. The molecule has 0 aromatic carbocycles. The van der Waals surface area contributed by atoms with Crippen molar-refractivity contribution in [2.24, 2.45) is 5.41 Å². The third kappa shape index (κ3) is 7.22. The molecule has 0 spiro atoms. The second-order valence-corrected chi connectivity index (χ2v) is 10.5. The first kappa shape index (κ1) is 26.7. The van der Waals surface area contributed by atoms with E-state index in [4.69, 9.17) is 9.47 Å². The lowest BCUT2D eigenvalue weighted by Crippen LogP contribution is -2.63. The molecule has 10 nitrogen and oxygen atoms in total. The van der Waals surface area contributed by atoms with Gasteiger partial charge in [-0.3, -0.25) is 4.79 Å². The van der Waals surface area contributed by atoms with Crippen molar-refractivity contribution in [3.63, 3.8) is 0 Å². The second-order valence-electron chi connectivity index (χ2n) is 10.5. The third-order valence-corrected chi connectivity index (χ3v) is 6.37. The Morgan fingerprint density at radius 2 is 1.64 bits per heavy atom. The minimum Gasteiger partial charge on any atom is -0.444 e. The molecule has 0 aromatic heterocycles. The molecular formula is C23H39N5O5. The van der Waals surface area contributed by atoms with Crippen LogP contribution in [0.5, 0.6) is 0 Å².